The summed E-state index contributed by atoms with van der Waals surface area (Å²) in [5.41, 5.74) is 0.825. The summed E-state index contributed by atoms with van der Waals surface area (Å²) >= 11 is 1.60. The van der Waals surface area contributed by atoms with E-state index in [1.165, 1.54) is 0 Å². The topological polar surface area (TPSA) is 63.8 Å². The number of thiophene rings is 1. The van der Waals surface area contributed by atoms with Crippen molar-refractivity contribution in [2.24, 2.45) is 0 Å². The Morgan fingerprint density at radius 1 is 1.22 bits per heavy atom. The Morgan fingerprint density at radius 3 is 2.89 bits per heavy atom. The SMILES string of the molecule is c1cnc(NCc2coc(-c3cccs3)n2)nc1. The first-order valence-electron chi connectivity index (χ1n) is 5.41. The highest BCUT2D eigenvalue weighted by Gasteiger charge is 2.07. The average Bonchev–Trinajstić information content (AvgIpc) is 3.08. The van der Waals surface area contributed by atoms with Crippen molar-refractivity contribution in [3.8, 4) is 10.8 Å². The Morgan fingerprint density at radius 2 is 2.11 bits per heavy atom. The van der Waals surface area contributed by atoms with E-state index in [1.54, 1.807) is 36.1 Å². The van der Waals surface area contributed by atoms with Crippen LogP contribution < -0.4 is 5.32 Å². The molecular weight excluding hydrogens is 248 g/mol. The molecule has 0 unspecified atom stereocenters. The Kier molecular flexibility index (Phi) is 3.01. The van der Waals surface area contributed by atoms with Gasteiger partial charge in [0, 0.05) is 12.4 Å². The first-order chi connectivity index (χ1) is 8.92. The number of rotatable bonds is 4. The van der Waals surface area contributed by atoms with E-state index in [0.29, 0.717) is 18.4 Å². The molecule has 0 bridgehead atoms. The van der Waals surface area contributed by atoms with Crippen LogP contribution in [0.3, 0.4) is 0 Å². The molecule has 0 saturated heterocycles. The molecule has 3 rings (SSSR count). The molecule has 0 saturated carbocycles. The molecule has 0 aliphatic heterocycles. The van der Waals surface area contributed by atoms with E-state index < -0.39 is 0 Å². The number of aromatic nitrogens is 3. The molecule has 3 aromatic rings. The van der Waals surface area contributed by atoms with Gasteiger partial charge in [-0.25, -0.2) is 15.0 Å². The third kappa shape index (κ3) is 2.38. The standard InChI is InChI=1S/C12H10N4OS/c1-3-10(18-6-1)11-16-9(8-17-11)7-15-12-13-4-2-5-14-12/h1-6,8H,7H2,(H,13,14,15). The van der Waals surface area contributed by atoms with E-state index in [4.69, 9.17) is 4.42 Å². The van der Waals surface area contributed by atoms with Gasteiger partial charge in [0.05, 0.1) is 17.1 Å². The summed E-state index contributed by atoms with van der Waals surface area (Å²) in [5.74, 6) is 1.23. The molecular formula is C12H10N4OS. The lowest BCUT2D eigenvalue weighted by Crippen LogP contribution is -2.02. The number of oxazole rings is 1. The van der Waals surface area contributed by atoms with Crippen LogP contribution in [0.1, 0.15) is 5.69 Å². The molecule has 0 fully saturated rings. The molecule has 0 atom stereocenters. The van der Waals surface area contributed by atoms with Crippen molar-refractivity contribution in [3.63, 3.8) is 0 Å². The fourth-order valence-electron chi connectivity index (χ4n) is 1.46. The second-order valence-corrected chi connectivity index (χ2v) is 4.49. The maximum absolute atomic E-state index is 5.42. The van der Waals surface area contributed by atoms with Gasteiger partial charge in [0.25, 0.3) is 0 Å². The summed E-state index contributed by atoms with van der Waals surface area (Å²) in [5, 5.41) is 5.07. The number of hydrogen-bond acceptors (Lipinski definition) is 6. The lowest BCUT2D eigenvalue weighted by Gasteiger charge is -1.99. The van der Waals surface area contributed by atoms with Crippen molar-refractivity contribution >= 4 is 17.3 Å². The van der Waals surface area contributed by atoms with Gasteiger partial charge in [0.15, 0.2) is 0 Å². The molecule has 0 aromatic carbocycles. The molecule has 0 aliphatic carbocycles. The molecule has 0 spiro atoms. The Balaban J connectivity index is 1.68. The largest absolute Gasteiger partial charge is 0.443 e. The van der Waals surface area contributed by atoms with Crippen LogP contribution in [0.5, 0.6) is 0 Å². The molecule has 5 nitrogen and oxygen atoms in total. The van der Waals surface area contributed by atoms with Gasteiger partial charge in [-0.2, -0.15) is 0 Å². The predicted octanol–water partition coefficient (Wildman–Crippen LogP) is 2.81. The molecule has 1 N–H and O–H groups in total. The van der Waals surface area contributed by atoms with Crippen molar-refractivity contribution in [1.29, 1.82) is 0 Å². The Hall–Kier alpha value is -2.21. The van der Waals surface area contributed by atoms with Crippen molar-refractivity contribution in [2.45, 2.75) is 6.54 Å². The first kappa shape index (κ1) is 10.9. The van der Waals surface area contributed by atoms with Gasteiger partial charge in [-0.3, -0.25) is 0 Å². The van der Waals surface area contributed by atoms with E-state index in [2.05, 4.69) is 20.3 Å². The van der Waals surface area contributed by atoms with E-state index >= 15 is 0 Å². The Bertz CT molecular complexity index is 606. The van der Waals surface area contributed by atoms with Crippen molar-refractivity contribution < 1.29 is 4.42 Å². The minimum absolute atomic E-state index is 0.541. The minimum Gasteiger partial charge on any atom is -0.443 e. The van der Waals surface area contributed by atoms with Crippen LogP contribution in [0, 0.1) is 0 Å². The third-order valence-electron chi connectivity index (χ3n) is 2.28. The van der Waals surface area contributed by atoms with E-state index in [0.717, 1.165) is 10.6 Å². The van der Waals surface area contributed by atoms with Crippen LogP contribution in [0.4, 0.5) is 5.95 Å². The van der Waals surface area contributed by atoms with Crippen LogP contribution in [0.15, 0.2) is 46.7 Å². The molecule has 0 amide bonds. The zero-order valence-corrected chi connectivity index (χ0v) is 10.2. The molecule has 0 radical (unpaired) electrons. The van der Waals surface area contributed by atoms with Crippen LogP contribution in [0.25, 0.3) is 10.8 Å². The minimum atomic E-state index is 0.541. The van der Waals surface area contributed by atoms with Crippen LogP contribution >= 0.6 is 11.3 Å². The van der Waals surface area contributed by atoms with Gasteiger partial charge >= 0.3 is 0 Å². The summed E-state index contributed by atoms with van der Waals surface area (Å²) in [7, 11) is 0. The summed E-state index contributed by atoms with van der Waals surface area (Å²) < 4.78 is 5.42. The fraction of sp³-hybridized carbons (Fsp3) is 0.0833. The number of nitrogens with zero attached hydrogens (tertiary/aromatic N) is 3. The summed E-state index contributed by atoms with van der Waals surface area (Å²) in [4.78, 5) is 13.6. The molecule has 6 heteroatoms. The van der Waals surface area contributed by atoms with E-state index in [-0.39, 0.29) is 0 Å². The van der Waals surface area contributed by atoms with Gasteiger partial charge in [-0.1, -0.05) is 6.07 Å². The summed E-state index contributed by atoms with van der Waals surface area (Å²) in [6, 6.07) is 5.73. The third-order valence-corrected chi connectivity index (χ3v) is 3.13. The maximum Gasteiger partial charge on any atom is 0.236 e. The molecule has 3 aromatic heterocycles. The highest BCUT2D eigenvalue weighted by Crippen LogP contribution is 2.23. The monoisotopic (exact) mass is 258 g/mol. The van der Waals surface area contributed by atoms with Crippen molar-refractivity contribution in [2.75, 3.05) is 5.32 Å². The van der Waals surface area contributed by atoms with Gasteiger partial charge in [0.1, 0.15) is 6.26 Å². The Labute approximate surface area is 108 Å². The predicted molar refractivity (Wildman–Crippen MR) is 69.2 cm³/mol. The van der Waals surface area contributed by atoms with E-state index in [1.807, 2.05) is 17.5 Å². The molecule has 90 valence electrons. The van der Waals surface area contributed by atoms with Crippen molar-refractivity contribution in [1.82, 2.24) is 15.0 Å². The second-order valence-electron chi connectivity index (χ2n) is 3.55. The van der Waals surface area contributed by atoms with Crippen LogP contribution in [0.2, 0.25) is 0 Å². The molecule has 3 heterocycles. The van der Waals surface area contributed by atoms with Gasteiger partial charge < -0.3 is 9.73 Å². The van der Waals surface area contributed by atoms with Gasteiger partial charge in [-0.15, -0.1) is 11.3 Å². The van der Waals surface area contributed by atoms with E-state index in [9.17, 15) is 0 Å². The van der Waals surface area contributed by atoms with Gasteiger partial charge in [0.2, 0.25) is 11.8 Å². The normalized spacial score (nSPS) is 10.4. The quantitative estimate of drug-likeness (QED) is 0.779. The van der Waals surface area contributed by atoms with Crippen LogP contribution in [-0.2, 0) is 6.54 Å². The lowest BCUT2D eigenvalue weighted by atomic mass is 10.4. The fourth-order valence-corrected chi connectivity index (χ4v) is 2.12. The summed E-state index contributed by atoms with van der Waals surface area (Å²) in [6.07, 6.45) is 5.02. The number of nitrogens with one attached hydrogen (secondary N) is 1. The summed E-state index contributed by atoms with van der Waals surface area (Å²) in [6.45, 7) is 0.541. The second kappa shape index (κ2) is 4.97. The molecule has 0 aliphatic rings. The van der Waals surface area contributed by atoms with Crippen molar-refractivity contribution in [3.05, 3.63) is 47.9 Å². The zero-order chi connectivity index (χ0) is 12.2. The first-order valence-corrected chi connectivity index (χ1v) is 6.29. The number of hydrogen-bond donors (Lipinski definition) is 1. The highest BCUT2D eigenvalue weighted by molar-refractivity contribution is 7.13. The zero-order valence-electron chi connectivity index (χ0n) is 9.41. The maximum atomic E-state index is 5.42. The average molecular weight is 258 g/mol. The number of anilines is 1. The highest BCUT2D eigenvalue weighted by atomic mass is 32.1. The smallest absolute Gasteiger partial charge is 0.236 e. The molecule has 18 heavy (non-hydrogen) atoms. The van der Waals surface area contributed by atoms with Crippen LogP contribution in [-0.4, -0.2) is 15.0 Å². The van der Waals surface area contributed by atoms with Gasteiger partial charge in [-0.05, 0) is 17.5 Å². The lowest BCUT2D eigenvalue weighted by molar-refractivity contribution is 0.574.